The Balaban J connectivity index is 2.16. The number of alkyl halides is 2. The van der Waals surface area contributed by atoms with Crippen LogP contribution in [0.2, 0.25) is 5.02 Å². The van der Waals surface area contributed by atoms with Crippen LogP contribution in [0.1, 0.15) is 23.1 Å². The highest BCUT2D eigenvalue weighted by Crippen LogP contribution is 2.28. The molecule has 0 atom stereocenters. The van der Waals surface area contributed by atoms with Crippen molar-refractivity contribution in [3.05, 3.63) is 64.2 Å². The van der Waals surface area contributed by atoms with Crippen LogP contribution in [0.5, 0.6) is 5.75 Å². The first-order chi connectivity index (χ1) is 9.60. The van der Waals surface area contributed by atoms with E-state index in [-0.39, 0.29) is 10.6 Å². The molecule has 0 aromatic heterocycles. The Labute approximate surface area is 121 Å². The SMILES string of the molecule is COc1ccc(C=Cc2ccc(C(F)F)c(Cl)c2)cc1. The summed E-state index contributed by atoms with van der Waals surface area (Å²) in [5.41, 5.74) is 1.61. The molecule has 2 aromatic rings. The number of rotatable bonds is 4. The van der Waals surface area contributed by atoms with Crippen LogP contribution >= 0.6 is 11.6 Å². The quantitative estimate of drug-likeness (QED) is 0.681. The number of methoxy groups -OCH3 is 1. The topological polar surface area (TPSA) is 9.23 Å². The summed E-state index contributed by atoms with van der Waals surface area (Å²) in [6, 6.07) is 12.0. The number of hydrogen-bond donors (Lipinski definition) is 0. The lowest BCUT2D eigenvalue weighted by Crippen LogP contribution is -1.86. The summed E-state index contributed by atoms with van der Waals surface area (Å²) in [5, 5.41) is 0.0804. The third-order valence-electron chi connectivity index (χ3n) is 2.84. The molecule has 0 saturated carbocycles. The van der Waals surface area contributed by atoms with Crippen molar-refractivity contribution in [1.82, 2.24) is 0 Å². The summed E-state index contributed by atoms with van der Waals surface area (Å²) in [5.74, 6) is 0.784. The maximum absolute atomic E-state index is 12.6. The van der Waals surface area contributed by atoms with Gasteiger partial charge in [-0.2, -0.15) is 0 Å². The summed E-state index contributed by atoms with van der Waals surface area (Å²) in [4.78, 5) is 0. The van der Waals surface area contributed by atoms with Crippen LogP contribution in [0.4, 0.5) is 8.78 Å². The molecule has 0 bridgehead atoms. The summed E-state index contributed by atoms with van der Waals surface area (Å²) in [6.45, 7) is 0. The molecule has 0 unspecified atom stereocenters. The van der Waals surface area contributed by atoms with E-state index >= 15 is 0 Å². The van der Waals surface area contributed by atoms with Crippen molar-refractivity contribution in [1.29, 1.82) is 0 Å². The molecule has 0 N–H and O–H groups in total. The summed E-state index contributed by atoms with van der Waals surface area (Å²) >= 11 is 5.82. The van der Waals surface area contributed by atoms with Gasteiger partial charge in [-0.05, 0) is 29.3 Å². The number of benzene rings is 2. The van der Waals surface area contributed by atoms with Gasteiger partial charge in [0.25, 0.3) is 6.43 Å². The predicted octanol–water partition coefficient (Wildman–Crippen LogP) is 5.46. The lowest BCUT2D eigenvalue weighted by atomic mass is 10.1. The average Bonchev–Trinajstić information content (AvgIpc) is 2.45. The summed E-state index contributed by atoms with van der Waals surface area (Å²) in [7, 11) is 1.61. The molecule has 0 amide bonds. The molecule has 0 aliphatic carbocycles. The molecular weight excluding hydrogens is 282 g/mol. The zero-order chi connectivity index (χ0) is 14.5. The molecule has 2 aromatic carbocycles. The molecule has 1 nitrogen and oxygen atoms in total. The molecule has 4 heteroatoms. The van der Waals surface area contributed by atoms with Gasteiger partial charge in [0.2, 0.25) is 0 Å². The molecule has 0 aliphatic heterocycles. The third-order valence-corrected chi connectivity index (χ3v) is 3.17. The van der Waals surface area contributed by atoms with E-state index in [1.807, 2.05) is 36.4 Å². The van der Waals surface area contributed by atoms with Crippen LogP contribution in [0.3, 0.4) is 0 Å². The zero-order valence-electron chi connectivity index (χ0n) is 10.8. The normalized spacial score (nSPS) is 11.2. The van der Waals surface area contributed by atoms with Gasteiger partial charge in [0.1, 0.15) is 5.75 Å². The van der Waals surface area contributed by atoms with Crippen molar-refractivity contribution in [2.75, 3.05) is 7.11 Å². The highest BCUT2D eigenvalue weighted by atomic mass is 35.5. The summed E-state index contributed by atoms with van der Waals surface area (Å²) in [6.07, 6.45) is 1.15. The van der Waals surface area contributed by atoms with Crippen LogP contribution < -0.4 is 4.74 Å². The van der Waals surface area contributed by atoms with Gasteiger partial charge < -0.3 is 4.74 Å². The lowest BCUT2D eigenvalue weighted by molar-refractivity contribution is 0.151. The van der Waals surface area contributed by atoms with E-state index in [9.17, 15) is 8.78 Å². The average molecular weight is 295 g/mol. The van der Waals surface area contributed by atoms with Crippen molar-refractivity contribution in [3.8, 4) is 5.75 Å². The van der Waals surface area contributed by atoms with E-state index in [4.69, 9.17) is 16.3 Å². The number of ether oxygens (including phenoxy) is 1. The molecule has 20 heavy (non-hydrogen) atoms. The van der Waals surface area contributed by atoms with E-state index in [0.717, 1.165) is 16.9 Å². The van der Waals surface area contributed by atoms with Crippen LogP contribution in [0.15, 0.2) is 42.5 Å². The molecule has 104 valence electrons. The van der Waals surface area contributed by atoms with Crippen LogP contribution in [-0.4, -0.2) is 7.11 Å². The van der Waals surface area contributed by atoms with Gasteiger partial charge >= 0.3 is 0 Å². The minimum Gasteiger partial charge on any atom is -0.497 e. The Morgan fingerprint density at radius 1 is 1.00 bits per heavy atom. The number of halogens is 3. The van der Waals surface area contributed by atoms with Crippen molar-refractivity contribution in [3.63, 3.8) is 0 Å². The largest absolute Gasteiger partial charge is 0.497 e. The highest BCUT2D eigenvalue weighted by molar-refractivity contribution is 6.31. The first-order valence-corrected chi connectivity index (χ1v) is 6.37. The van der Waals surface area contributed by atoms with E-state index in [2.05, 4.69) is 0 Å². The molecule has 0 saturated heterocycles. The van der Waals surface area contributed by atoms with Crippen LogP contribution in [-0.2, 0) is 0 Å². The van der Waals surface area contributed by atoms with Gasteiger partial charge in [-0.25, -0.2) is 8.78 Å². The predicted molar refractivity (Wildman–Crippen MR) is 78.3 cm³/mol. The summed E-state index contributed by atoms with van der Waals surface area (Å²) < 4.78 is 30.2. The van der Waals surface area contributed by atoms with E-state index < -0.39 is 6.43 Å². The Hall–Kier alpha value is -1.87. The Morgan fingerprint density at radius 3 is 2.15 bits per heavy atom. The van der Waals surface area contributed by atoms with Crippen molar-refractivity contribution >= 4 is 23.8 Å². The van der Waals surface area contributed by atoms with Gasteiger partial charge in [-0.15, -0.1) is 0 Å². The zero-order valence-corrected chi connectivity index (χ0v) is 11.6. The maximum Gasteiger partial charge on any atom is 0.265 e. The lowest BCUT2D eigenvalue weighted by Gasteiger charge is -2.03. The molecule has 0 fully saturated rings. The van der Waals surface area contributed by atoms with Gasteiger partial charge in [0.05, 0.1) is 12.1 Å². The fraction of sp³-hybridized carbons (Fsp3) is 0.125. The first-order valence-electron chi connectivity index (χ1n) is 6.00. The Bertz CT molecular complexity index is 606. The van der Waals surface area contributed by atoms with Crippen molar-refractivity contribution in [2.45, 2.75) is 6.43 Å². The third kappa shape index (κ3) is 3.58. The second-order valence-corrected chi connectivity index (χ2v) is 4.60. The molecular formula is C16H13ClF2O. The fourth-order valence-electron chi connectivity index (χ4n) is 1.73. The van der Waals surface area contributed by atoms with Crippen molar-refractivity contribution in [2.24, 2.45) is 0 Å². The van der Waals surface area contributed by atoms with Gasteiger partial charge in [0, 0.05) is 5.56 Å². The fourth-order valence-corrected chi connectivity index (χ4v) is 2.00. The van der Waals surface area contributed by atoms with Crippen LogP contribution in [0, 0.1) is 0 Å². The maximum atomic E-state index is 12.6. The van der Waals surface area contributed by atoms with Crippen molar-refractivity contribution < 1.29 is 13.5 Å². The molecule has 0 radical (unpaired) electrons. The van der Waals surface area contributed by atoms with E-state index in [1.165, 1.54) is 12.1 Å². The monoisotopic (exact) mass is 294 g/mol. The van der Waals surface area contributed by atoms with Gasteiger partial charge in [-0.3, -0.25) is 0 Å². The second-order valence-electron chi connectivity index (χ2n) is 4.19. The molecule has 0 heterocycles. The van der Waals surface area contributed by atoms with E-state index in [1.54, 1.807) is 13.2 Å². The van der Waals surface area contributed by atoms with Gasteiger partial charge in [-0.1, -0.05) is 48.0 Å². The Kier molecular flexibility index (Phi) is 4.74. The first kappa shape index (κ1) is 14.5. The standard InChI is InChI=1S/C16H13ClF2O/c1-20-13-7-4-11(5-8-13)2-3-12-6-9-14(16(18)19)15(17)10-12/h2-10,16H,1H3. The van der Waals surface area contributed by atoms with Gasteiger partial charge in [0.15, 0.2) is 0 Å². The minimum absolute atomic E-state index is 0.0804. The Morgan fingerprint density at radius 2 is 1.60 bits per heavy atom. The van der Waals surface area contributed by atoms with E-state index in [0.29, 0.717) is 0 Å². The smallest absolute Gasteiger partial charge is 0.265 e. The molecule has 2 rings (SSSR count). The second kappa shape index (κ2) is 6.53. The minimum atomic E-state index is -2.55. The molecule has 0 aliphatic rings. The number of hydrogen-bond acceptors (Lipinski definition) is 1. The van der Waals surface area contributed by atoms with Crippen LogP contribution in [0.25, 0.3) is 12.2 Å². The highest BCUT2D eigenvalue weighted by Gasteiger charge is 2.11. The molecule has 0 spiro atoms.